The molecule has 18 heavy (non-hydrogen) atoms. The molecule has 2 aromatic rings. The van der Waals surface area contributed by atoms with Crippen molar-refractivity contribution in [3.05, 3.63) is 51.9 Å². The molecule has 1 aromatic carbocycles. The summed E-state index contributed by atoms with van der Waals surface area (Å²) in [5.74, 6) is 0.0419. The molecule has 0 saturated heterocycles. The van der Waals surface area contributed by atoms with Gasteiger partial charge in [-0.25, -0.2) is 9.37 Å². The highest BCUT2D eigenvalue weighted by molar-refractivity contribution is 6.32. The molecule has 0 aliphatic rings. The molecule has 0 unspecified atom stereocenters. The van der Waals surface area contributed by atoms with Crippen LogP contribution >= 0.6 is 23.2 Å². The Labute approximate surface area is 113 Å². The van der Waals surface area contributed by atoms with E-state index in [1.54, 1.807) is 12.3 Å². The number of nitrogens with zero attached hydrogens (tertiary/aromatic N) is 1. The van der Waals surface area contributed by atoms with Crippen molar-refractivity contribution in [2.24, 2.45) is 5.73 Å². The number of pyridine rings is 1. The molecule has 0 aliphatic heterocycles. The second-order valence-corrected chi connectivity index (χ2v) is 4.33. The summed E-state index contributed by atoms with van der Waals surface area (Å²) in [4.78, 5) is 4.02. The van der Waals surface area contributed by atoms with Crippen molar-refractivity contribution in [1.82, 2.24) is 4.98 Å². The summed E-state index contributed by atoms with van der Waals surface area (Å²) in [6.45, 7) is 0.338. The third-order valence-electron chi connectivity index (χ3n) is 2.20. The molecule has 0 aliphatic carbocycles. The number of aromatic nitrogens is 1. The number of nitrogens with two attached hydrogens (primary N) is 1. The summed E-state index contributed by atoms with van der Waals surface area (Å²) in [5.41, 5.74) is 6.25. The first-order valence-electron chi connectivity index (χ1n) is 5.07. The Morgan fingerprint density at radius 2 is 2.00 bits per heavy atom. The first-order valence-corrected chi connectivity index (χ1v) is 5.83. The highest BCUT2D eigenvalue weighted by Gasteiger charge is 2.09. The Morgan fingerprint density at radius 1 is 1.22 bits per heavy atom. The largest absolute Gasteiger partial charge is 0.436 e. The fourth-order valence-corrected chi connectivity index (χ4v) is 1.75. The first kappa shape index (κ1) is 13.1. The topological polar surface area (TPSA) is 48.1 Å². The normalized spacial score (nSPS) is 10.4. The zero-order valence-corrected chi connectivity index (χ0v) is 10.7. The number of ether oxygens (including phenoxy) is 1. The number of rotatable bonds is 3. The van der Waals surface area contributed by atoms with Crippen LogP contribution in [-0.2, 0) is 6.54 Å². The third-order valence-corrected chi connectivity index (χ3v) is 2.77. The van der Waals surface area contributed by atoms with Crippen molar-refractivity contribution in [2.75, 3.05) is 0 Å². The van der Waals surface area contributed by atoms with E-state index in [-0.39, 0.29) is 16.7 Å². The van der Waals surface area contributed by atoms with Gasteiger partial charge >= 0.3 is 0 Å². The maximum absolute atomic E-state index is 12.9. The van der Waals surface area contributed by atoms with Crippen LogP contribution in [0.5, 0.6) is 11.6 Å². The molecule has 0 fully saturated rings. The molecule has 0 amide bonds. The number of benzene rings is 1. The molecular weight excluding hydrogens is 278 g/mol. The summed E-state index contributed by atoms with van der Waals surface area (Å²) < 4.78 is 18.3. The maximum atomic E-state index is 12.9. The van der Waals surface area contributed by atoms with E-state index in [0.717, 1.165) is 11.6 Å². The lowest BCUT2D eigenvalue weighted by atomic mass is 10.3. The standard InChI is InChI=1S/C12H9Cl2FN2O/c13-9-4-8(15)1-2-11(9)18-12-10(14)3-7(5-16)6-17-12/h1-4,6H,5,16H2. The number of hydrogen-bond donors (Lipinski definition) is 1. The van der Waals surface area contributed by atoms with Gasteiger partial charge in [-0.15, -0.1) is 0 Å². The predicted octanol–water partition coefficient (Wildman–Crippen LogP) is 3.78. The van der Waals surface area contributed by atoms with Crippen LogP contribution in [0, 0.1) is 5.82 Å². The summed E-state index contributed by atoms with van der Waals surface area (Å²) >= 11 is 11.8. The van der Waals surface area contributed by atoms with E-state index in [0.29, 0.717) is 11.6 Å². The Kier molecular flexibility index (Phi) is 4.01. The van der Waals surface area contributed by atoms with Crippen LogP contribution in [0.1, 0.15) is 5.56 Å². The number of halogens is 3. The fourth-order valence-electron chi connectivity index (χ4n) is 1.31. The van der Waals surface area contributed by atoms with Crippen LogP contribution in [0.15, 0.2) is 30.5 Å². The Morgan fingerprint density at radius 3 is 2.61 bits per heavy atom. The molecule has 0 radical (unpaired) electrons. The van der Waals surface area contributed by atoms with Gasteiger partial charge in [0, 0.05) is 12.7 Å². The molecule has 0 spiro atoms. The van der Waals surface area contributed by atoms with Gasteiger partial charge in [-0.2, -0.15) is 0 Å². The Bertz CT molecular complexity index is 578. The van der Waals surface area contributed by atoms with E-state index in [1.807, 2.05) is 0 Å². The van der Waals surface area contributed by atoms with Crippen LogP contribution in [0.2, 0.25) is 10.0 Å². The average molecular weight is 287 g/mol. The highest BCUT2D eigenvalue weighted by atomic mass is 35.5. The average Bonchev–Trinajstić information content (AvgIpc) is 2.34. The number of hydrogen-bond acceptors (Lipinski definition) is 3. The van der Waals surface area contributed by atoms with Crippen molar-refractivity contribution in [3.8, 4) is 11.6 Å². The lowest BCUT2D eigenvalue weighted by Crippen LogP contribution is -1.98. The zero-order valence-electron chi connectivity index (χ0n) is 9.16. The van der Waals surface area contributed by atoms with Gasteiger partial charge in [0.05, 0.1) is 5.02 Å². The lowest BCUT2D eigenvalue weighted by Gasteiger charge is -2.08. The van der Waals surface area contributed by atoms with Crippen LogP contribution in [0.3, 0.4) is 0 Å². The van der Waals surface area contributed by atoms with E-state index >= 15 is 0 Å². The minimum absolute atomic E-state index is 0.149. The van der Waals surface area contributed by atoms with Gasteiger partial charge in [0.2, 0.25) is 5.88 Å². The first-order chi connectivity index (χ1) is 8.60. The molecule has 2 N–H and O–H groups in total. The van der Waals surface area contributed by atoms with Crippen LogP contribution in [-0.4, -0.2) is 4.98 Å². The SMILES string of the molecule is NCc1cnc(Oc2ccc(F)cc2Cl)c(Cl)c1. The van der Waals surface area contributed by atoms with Crippen molar-refractivity contribution < 1.29 is 9.13 Å². The maximum Gasteiger partial charge on any atom is 0.238 e. The summed E-state index contributed by atoms with van der Waals surface area (Å²) in [7, 11) is 0. The predicted molar refractivity (Wildman–Crippen MR) is 68.6 cm³/mol. The molecule has 94 valence electrons. The Balaban J connectivity index is 2.28. The van der Waals surface area contributed by atoms with E-state index in [1.165, 1.54) is 12.1 Å². The summed E-state index contributed by atoms with van der Waals surface area (Å²) in [6.07, 6.45) is 1.55. The molecule has 0 atom stereocenters. The van der Waals surface area contributed by atoms with Crippen LogP contribution in [0.25, 0.3) is 0 Å². The monoisotopic (exact) mass is 286 g/mol. The minimum Gasteiger partial charge on any atom is -0.436 e. The summed E-state index contributed by atoms with van der Waals surface area (Å²) in [5, 5.41) is 0.467. The molecule has 1 aromatic heterocycles. The quantitative estimate of drug-likeness (QED) is 0.934. The van der Waals surface area contributed by atoms with E-state index in [4.69, 9.17) is 33.7 Å². The third kappa shape index (κ3) is 2.90. The molecule has 0 saturated carbocycles. The smallest absolute Gasteiger partial charge is 0.238 e. The van der Waals surface area contributed by atoms with E-state index in [2.05, 4.69) is 4.98 Å². The van der Waals surface area contributed by atoms with Crippen LogP contribution < -0.4 is 10.5 Å². The second kappa shape index (κ2) is 5.52. The van der Waals surface area contributed by atoms with Gasteiger partial charge in [-0.1, -0.05) is 23.2 Å². The molecule has 1 heterocycles. The van der Waals surface area contributed by atoms with E-state index < -0.39 is 5.82 Å². The molecule has 2 rings (SSSR count). The van der Waals surface area contributed by atoms with Gasteiger partial charge < -0.3 is 10.5 Å². The van der Waals surface area contributed by atoms with E-state index in [9.17, 15) is 4.39 Å². The molecule has 6 heteroatoms. The van der Waals surface area contributed by atoms with Gasteiger partial charge in [0.1, 0.15) is 16.6 Å². The highest BCUT2D eigenvalue weighted by Crippen LogP contribution is 2.32. The van der Waals surface area contributed by atoms with Gasteiger partial charge in [0.15, 0.2) is 0 Å². The van der Waals surface area contributed by atoms with Gasteiger partial charge in [0.25, 0.3) is 0 Å². The molecule has 0 bridgehead atoms. The summed E-state index contributed by atoms with van der Waals surface area (Å²) in [6, 6.07) is 5.45. The lowest BCUT2D eigenvalue weighted by molar-refractivity contribution is 0.461. The Hall–Kier alpha value is -1.36. The van der Waals surface area contributed by atoms with Crippen molar-refractivity contribution >= 4 is 23.2 Å². The van der Waals surface area contributed by atoms with Gasteiger partial charge in [-0.3, -0.25) is 0 Å². The minimum atomic E-state index is -0.440. The fraction of sp³-hybridized carbons (Fsp3) is 0.0833. The molecular formula is C12H9Cl2FN2O. The molecule has 3 nitrogen and oxygen atoms in total. The zero-order chi connectivity index (χ0) is 13.1. The van der Waals surface area contributed by atoms with Crippen molar-refractivity contribution in [3.63, 3.8) is 0 Å². The van der Waals surface area contributed by atoms with Crippen molar-refractivity contribution in [1.29, 1.82) is 0 Å². The van der Waals surface area contributed by atoms with Gasteiger partial charge in [-0.05, 0) is 29.8 Å². The second-order valence-electron chi connectivity index (χ2n) is 3.51. The van der Waals surface area contributed by atoms with Crippen molar-refractivity contribution in [2.45, 2.75) is 6.54 Å². The van der Waals surface area contributed by atoms with Crippen LogP contribution in [0.4, 0.5) is 4.39 Å².